The fourth-order valence-electron chi connectivity index (χ4n) is 3.65. The number of hydrogen-bond donors (Lipinski definition) is 2. The maximum Gasteiger partial charge on any atom is 0.225 e. The van der Waals surface area contributed by atoms with Crippen LogP contribution in [0.3, 0.4) is 0 Å². The van der Waals surface area contributed by atoms with Crippen LogP contribution in [0.1, 0.15) is 43.8 Å². The molecule has 3 rings (SSSR count). The molecule has 1 aliphatic carbocycles. The Morgan fingerprint density at radius 3 is 2.83 bits per heavy atom. The smallest absolute Gasteiger partial charge is 0.225 e. The molecular weight excluding hydrogens is 311 g/mol. The average Bonchev–Trinajstić information content (AvgIpc) is 3.21. The number of amides is 2. The minimum absolute atomic E-state index is 0.0103. The fraction of sp³-hybridized carbons (Fsp3) is 0.556. The SMILES string of the molecule is O=C(NCC(O)c1cccc(F)c1)C1CC(=O)N(C2CCCC2)C1. The van der Waals surface area contributed by atoms with Crippen LogP contribution >= 0.6 is 0 Å². The average molecular weight is 334 g/mol. The number of nitrogens with zero attached hydrogens (tertiary/aromatic N) is 1. The molecule has 2 unspecified atom stereocenters. The van der Waals surface area contributed by atoms with E-state index in [2.05, 4.69) is 5.32 Å². The second-order valence-corrected chi connectivity index (χ2v) is 6.70. The predicted molar refractivity (Wildman–Crippen MR) is 86.4 cm³/mol. The van der Waals surface area contributed by atoms with Gasteiger partial charge in [-0.1, -0.05) is 25.0 Å². The van der Waals surface area contributed by atoms with Crippen molar-refractivity contribution in [1.29, 1.82) is 0 Å². The second-order valence-electron chi connectivity index (χ2n) is 6.70. The van der Waals surface area contributed by atoms with Crippen molar-refractivity contribution in [3.63, 3.8) is 0 Å². The molecule has 130 valence electrons. The van der Waals surface area contributed by atoms with Crippen molar-refractivity contribution >= 4 is 11.8 Å². The van der Waals surface area contributed by atoms with E-state index >= 15 is 0 Å². The predicted octanol–water partition coefficient (Wildman–Crippen LogP) is 1.77. The third-order valence-corrected chi connectivity index (χ3v) is 5.00. The lowest BCUT2D eigenvalue weighted by atomic mass is 10.1. The van der Waals surface area contributed by atoms with Crippen LogP contribution in [0, 0.1) is 11.7 Å². The van der Waals surface area contributed by atoms with Gasteiger partial charge >= 0.3 is 0 Å². The molecule has 0 bridgehead atoms. The Bertz CT molecular complexity index is 616. The number of benzene rings is 1. The van der Waals surface area contributed by atoms with Gasteiger partial charge in [-0.3, -0.25) is 9.59 Å². The van der Waals surface area contributed by atoms with E-state index in [1.807, 2.05) is 4.90 Å². The van der Waals surface area contributed by atoms with Crippen LogP contribution in [0.25, 0.3) is 0 Å². The van der Waals surface area contributed by atoms with Gasteiger partial charge in [-0.2, -0.15) is 0 Å². The Morgan fingerprint density at radius 1 is 1.38 bits per heavy atom. The van der Waals surface area contributed by atoms with Gasteiger partial charge in [0.15, 0.2) is 0 Å². The van der Waals surface area contributed by atoms with Crippen molar-refractivity contribution in [3.8, 4) is 0 Å². The lowest BCUT2D eigenvalue weighted by Crippen LogP contribution is -2.38. The minimum atomic E-state index is -0.965. The normalized spacial score (nSPS) is 22.8. The molecule has 1 saturated heterocycles. The van der Waals surface area contributed by atoms with Gasteiger partial charge in [0.05, 0.1) is 12.0 Å². The van der Waals surface area contributed by atoms with Gasteiger partial charge in [-0.25, -0.2) is 4.39 Å². The lowest BCUT2D eigenvalue weighted by molar-refractivity contribution is -0.130. The van der Waals surface area contributed by atoms with Crippen LogP contribution in [0.4, 0.5) is 4.39 Å². The number of aliphatic hydroxyl groups excluding tert-OH is 1. The number of carbonyl (C=O) groups excluding carboxylic acids is 2. The van der Waals surface area contributed by atoms with Crippen LogP contribution < -0.4 is 5.32 Å². The zero-order valence-electron chi connectivity index (χ0n) is 13.6. The first-order chi connectivity index (χ1) is 11.5. The molecule has 0 aromatic heterocycles. The topological polar surface area (TPSA) is 69.6 Å². The molecule has 2 atom stereocenters. The molecule has 0 spiro atoms. The van der Waals surface area contributed by atoms with Gasteiger partial charge < -0.3 is 15.3 Å². The summed E-state index contributed by atoms with van der Waals surface area (Å²) in [6, 6.07) is 5.97. The van der Waals surface area contributed by atoms with Crippen molar-refractivity contribution in [2.24, 2.45) is 5.92 Å². The maximum absolute atomic E-state index is 13.2. The molecule has 2 fully saturated rings. The highest BCUT2D eigenvalue weighted by atomic mass is 19.1. The standard InChI is InChI=1S/C18H23FN2O3/c19-14-5-3-4-12(8-14)16(22)10-20-18(24)13-9-17(23)21(11-13)15-6-1-2-7-15/h3-5,8,13,15-16,22H,1-2,6-7,9-11H2,(H,20,24). The van der Waals surface area contributed by atoms with E-state index < -0.39 is 11.9 Å². The second kappa shape index (κ2) is 7.30. The van der Waals surface area contributed by atoms with Gasteiger partial charge in [0, 0.05) is 25.6 Å². The van der Waals surface area contributed by atoms with E-state index in [0.717, 1.165) is 25.7 Å². The largest absolute Gasteiger partial charge is 0.387 e. The van der Waals surface area contributed by atoms with E-state index in [4.69, 9.17) is 0 Å². The van der Waals surface area contributed by atoms with Crippen molar-refractivity contribution in [2.45, 2.75) is 44.2 Å². The van der Waals surface area contributed by atoms with Gasteiger partial charge in [-0.05, 0) is 30.5 Å². The highest BCUT2D eigenvalue weighted by molar-refractivity contribution is 5.89. The summed E-state index contributed by atoms with van der Waals surface area (Å²) in [5.41, 5.74) is 0.422. The van der Waals surface area contributed by atoms with Crippen molar-refractivity contribution < 1.29 is 19.1 Å². The number of hydrogen-bond acceptors (Lipinski definition) is 3. The van der Waals surface area contributed by atoms with E-state index in [1.165, 1.54) is 18.2 Å². The van der Waals surface area contributed by atoms with Gasteiger partial charge in [0.25, 0.3) is 0 Å². The maximum atomic E-state index is 13.2. The number of aliphatic hydroxyl groups is 1. The molecule has 1 aromatic rings. The van der Waals surface area contributed by atoms with Gasteiger partial charge in [0.2, 0.25) is 11.8 Å². The molecule has 0 radical (unpaired) electrons. The minimum Gasteiger partial charge on any atom is -0.387 e. The first-order valence-corrected chi connectivity index (χ1v) is 8.55. The van der Waals surface area contributed by atoms with Crippen LogP contribution in [0.5, 0.6) is 0 Å². The number of carbonyl (C=O) groups is 2. The Balaban J connectivity index is 1.51. The summed E-state index contributed by atoms with van der Waals surface area (Å²) in [4.78, 5) is 26.3. The molecular formula is C18H23FN2O3. The molecule has 1 aromatic carbocycles. The lowest BCUT2D eigenvalue weighted by Gasteiger charge is -2.24. The highest BCUT2D eigenvalue weighted by Crippen LogP contribution is 2.29. The summed E-state index contributed by atoms with van der Waals surface area (Å²) in [7, 11) is 0. The van der Waals surface area contributed by atoms with Crippen LogP contribution in [0.15, 0.2) is 24.3 Å². The van der Waals surface area contributed by atoms with E-state index in [9.17, 15) is 19.1 Å². The van der Waals surface area contributed by atoms with E-state index in [1.54, 1.807) is 6.07 Å². The number of likely N-dealkylation sites (tertiary alicyclic amines) is 1. The quantitative estimate of drug-likeness (QED) is 0.862. The van der Waals surface area contributed by atoms with Crippen LogP contribution in [0.2, 0.25) is 0 Å². The summed E-state index contributed by atoms with van der Waals surface area (Å²) < 4.78 is 13.2. The van der Waals surface area contributed by atoms with Crippen molar-refractivity contribution in [2.75, 3.05) is 13.1 Å². The van der Waals surface area contributed by atoms with Gasteiger partial charge in [0.1, 0.15) is 5.82 Å². The van der Waals surface area contributed by atoms with E-state index in [-0.39, 0.29) is 36.7 Å². The van der Waals surface area contributed by atoms with Crippen molar-refractivity contribution in [1.82, 2.24) is 10.2 Å². The Hall–Kier alpha value is -1.95. The monoisotopic (exact) mass is 334 g/mol. The van der Waals surface area contributed by atoms with Crippen LogP contribution in [-0.2, 0) is 9.59 Å². The summed E-state index contributed by atoms with van der Waals surface area (Å²) in [6.45, 7) is 0.474. The molecule has 24 heavy (non-hydrogen) atoms. The highest BCUT2D eigenvalue weighted by Gasteiger charge is 2.38. The molecule has 2 amide bonds. The summed E-state index contributed by atoms with van der Waals surface area (Å²) in [5, 5.41) is 12.7. The van der Waals surface area contributed by atoms with Crippen molar-refractivity contribution in [3.05, 3.63) is 35.6 Å². The van der Waals surface area contributed by atoms with Crippen LogP contribution in [-0.4, -0.2) is 41.0 Å². The first-order valence-electron chi connectivity index (χ1n) is 8.55. The fourth-order valence-corrected chi connectivity index (χ4v) is 3.65. The Kier molecular flexibility index (Phi) is 5.14. The molecule has 2 N–H and O–H groups in total. The molecule has 5 nitrogen and oxygen atoms in total. The molecule has 2 aliphatic rings. The van der Waals surface area contributed by atoms with E-state index in [0.29, 0.717) is 12.1 Å². The zero-order chi connectivity index (χ0) is 17.1. The summed E-state index contributed by atoms with van der Waals surface area (Å²) in [5.74, 6) is -0.962. The molecule has 1 aliphatic heterocycles. The zero-order valence-corrected chi connectivity index (χ0v) is 13.6. The third-order valence-electron chi connectivity index (χ3n) is 5.00. The first kappa shape index (κ1) is 16.9. The summed E-state index contributed by atoms with van der Waals surface area (Å²) >= 11 is 0. The Labute approximate surface area is 140 Å². The number of halogens is 1. The molecule has 6 heteroatoms. The van der Waals surface area contributed by atoms with Gasteiger partial charge in [-0.15, -0.1) is 0 Å². The summed E-state index contributed by atoms with van der Waals surface area (Å²) in [6.07, 6.45) is 3.61. The molecule has 1 heterocycles. The number of rotatable bonds is 5. The molecule has 1 saturated carbocycles. The number of nitrogens with one attached hydrogen (secondary N) is 1. The Morgan fingerprint density at radius 2 is 2.12 bits per heavy atom. The third kappa shape index (κ3) is 3.75.